The van der Waals surface area contributed by atoms with Gasteiger partial charge < -0.3 is 15.0 Å². The van der Waals surface area contributed by atoms with E-state index in [0.29, 0.717) is 29.9 Å². The van der Waals surface area contributed by atoms with E-state index < -0.39 is 17.7 Å². The molecule has 0 aliphatic carbocycles. The number of carboxylic acids is 1. The molecule has 0 radical (unpaired) electrons. The standard InChI is InChI=1S/C22H22F3N7O3/c1-3-7-32-20(35)17-19(29-21(32)30(2)12-16(33)34)28-18(27-17)14-9-26-31(11-14)10-13-5-4-6-15(8-13)22(23,24)25/h4-6,8-9,11H,3,7,10,12H2,1-2H3,(H,27,28)(H,33,34). The number of carboxylic acid groups (broad SMARTS) is 1. The van der Waals surface area contributed by atoms with Gasteiger partial charge in [0.2, 0.25) is 5.95 Å². The highest BCUT2D eigenvalue weighted by Crippen LogP contribution is 2.29. The number of nitrogens with one attached hydrogen (secondary N) is 1. The number of aliphatic carboxylic acids is 1. The van der Waals surface area contributed by atoms with Crippen LogP contribution in [0, 0.1) is 0 Å². The van der Waals surface area contributed by atoms with E-state index in [0.717, 1.165) is 12.1 Å². The SMILES string of the molecule is CCCn1c(N(C)CC(=O)O)nc2nc(-c3cnn(Cc4cccc(C(F)(F)F)c4)c3)[nH]c2c1=O. The van der Waals surface area contributed by atoms with Crippen LogP contribution in [0.4, 0.5) is 19.1 Å². The summed E-state index contributed by atoms with van der Waals surface area (Å²) in [6.07, 6.45) is -0.730. The number of aromatic nitrogens is 6. The smallest absolute Gasteiger partial charge is 0.416 e. The first-order chi connectivity index (χ1) is 16.6. The van der Waals surface area contributed by atoms with E-state index in [1.54, 1.807) is 12.3 Å². The number of H-pyrrole nitrogens is 1. The molecular weight excluding hydrogens is 467 g/mol. The molecule has 2 N–H and O–H groups in total. The van der Waals surface area contributed by atoms with Crippen LogP contribution in [0.15, 0.2) is 41.5 Å². The topological polar surface area (TPSA) is 122 Å². The lowest BCUT2D eigenvalue weighted by molar-refractivity contribution is -0.138. The number of nitrogens with zero attached hydrogens (tertiary/aromatic N) is 6. The van der Waals surface area contributed by atoms with Gasteiger partial charge in [-0.25, -0.2) is 4.98 Å². The van der Waals surface area contributed by atoms with Crippen molar-refractivity contribution in [2.45, 2.75) is 32.6 Å². The molecule has 1 aromatic carbocycles. The molecule has 0 spiro atoms. The number of aromatic amines is 1. The van der Waals surface area contributed by atoms with Crippen molar-refractivity contribution in [1.82, 2.24) is 29.3 Å². The average Bonchev–Trinajstić information content (AvgIpc) is 3.42. The molecule has 0 amide bonds. The highest BCUT2D eigenvalue weighted by Gasteiger charge is 2.30. The van der Waals surface area contributed by atoms with Gasteiger partial charge in [0.15, 0.2) is 11.2 Å². The molecule has 4 rings (SSSR count). The molecule has 184 valence electrons. The van der Waals surface area contributed by atoms with E-state index in [-0.39, 0.29) is 35.8 Å². The highest BCUT2D eigenvalue weighted by molar-refractivity contribution is 5.77. The Morgan fingerprint density at radius 1 is 1.26 bits per heavy atom. The van der Waals surface area contributed by atoms with E-state index in [1.165, 1.54) is 33.5 Å². The first-order valence-corrected chi connectivity index (χ1v) is 10.7. The molecule has 0 aliphatic heterocycles. The van der Waals surface area contributed by atoms with Crippen molar-refractivity contribution >= 4 is 23.1 Å². The van der Waals surface area contributed by atoms with Crippen molar-refractivity contribution in [3.8, 4) is 11.4 Å². The van der Waals surface area contributed by atoms with Gasteiger partial charge in [-0.3, -0.25) is 18.8 Å². The van der Waals surface area contributed by atoms with Crippen molar-refractivity contribution < 1.29 is 23.1 Å². The lowest BCUT2D eigenvalue weighted by Crippen LogP contribution is -2.33. The molecule has 0 saturated heterocycles. The Balaban J connectivity index is 1.67. The summed E-state index contributed by atoms with van der Waals surface area (Å²) in [4.78, 5) is 37.3. The van der Waals surface area contributed by atoms with E-state index >= 15 is 0 Å². The number of imidazole rings is 1. The maximum atomic E-state index is 13.1. The summed E-state index contributed by atoms with van der Waals surface area (Å²) >= 11 is 0. The minimum Gasteiger partial charge on any atom is -0.480 e. The van der Waals surface area contributed by atoms with Crippen LogP contribution in [-0.2, 0) is 24.1 Å². The molecule has 0 saturated carbocycles. The van der Waals surface area contributed by atoms with Crippen molar-refractivity contribution in [3.63, 3.8) is 0 Å². The number of alkyl halides is 3. The summed E-state index contributed by atoms with van der Waals surface area (Å²) in [5, 5.41) is 13.3. The Hall–Kier alpha value is -4.16. The normalized spacial score (nSPS) is 11.8. The van der Waals surface area contributed by atoms with Crippen LogP contribution in [0.3, 0.4) is 0 Å². The van der Waals surface area contributed by atoms with E-state index in [1.807, 2.05) is 6.92 Å². The number of hydrogen-bond acceptors (Lipinski definition) is 6. The largest absolute Gasteiger partial charge is 0.480 e. The minimum absolute atomic E-state index is 0.107. The van der Waals surface area contributed by atoms with E-state index in [2.05, 4.69) is 20.1 Å². The molecule has 0 unspecified atom stereocenters. The Morgan fingerprint density at radius 3 is 2.71 bits per heavy atom. The van der Waals surface area contributed by atoms with E-state index in [9.17, 15) is 22.8 Å². The summed E-state index contributed by atoms with van der Waals surface area (Å²) < 4.78 is 41.8. The molecule has 0 bridgehead atoms. The van der Waals surface area contributed by atoms with Gasteiger partial charge in [-0.05, 0) is 24.1 Å². The second kappa shape index (κ2) is 9.24. The van der Waals surface area contributed by atoms with Gasteiger partial charge in [0, 0.05) is 19.8 Å². The van der Waals surface area contributed by atoms with Crippen molar-refractivity contribution in [3.05, 3.63) is 58.1 Å². The molecule has 0 atom stereocenters. The van der Waals surface area contributed by atoms with Crippen LogP contribution in [0.25, 0.3) is 22.6 Å². The number of benzene rings is 1. The summed E-state index contributed by atoms with van der Waals surface area (Å²) in [6.45, 7) is 1.98. The average molecular weight is 489 g/mol. The maximum Gasteiger partial charge on any atom is 0.416 e. The molecule has 3 aromatic heterocycles. The van der Waals surface area contributed by atoms with Gasteiger partial charge >= 0.3 is 12.1 Å². The van der Waals surface area contributed by atoms with E-state index in [4.69, 9.17) is 5.11 Å². The molecule has 13 heteroatoms. The van der Waals surface area contributed by atoms with Crippen LogP contribution < -0.4 is 10.5 Å². The van der Waals surface area contributed by atoms with Gasteiger partial charge in [-0.2, -0.15) is 23.3 Å². The molecule has 0 fully saturated rings. The Labute approximate surface area is 196 Å². The number of rotatable bonds is 8. The number of likely N-dealkylation sites (N-methyl/N-ethyl adjacent to an activating group) is 1. The fourth-order valence-corrected chi connectivity index (χ4v) is 3.71. The fraction of sp³-hybridized carbons (Fsp3) is 0.318. The van der Waals surface area contributed by atoms with Crippen molar-refractivity contribution in [1.29, 1.82) is 0 Å². The molecule has 10 nitrogen and oxygen atoms in total. The molecule has 0 aliphatic rings. The first-order valence-electron chi connectivity index (χ1n) is 10.7. The first kappa shape index (κ1) is 24.0. The fourth-order valence-electron chi connectivity index (χ4n) is 3.71. The summed E-state index contributed by atoms with van der Waals surface area (Å²) in [5.74, 6) is -0.577. The zero-order chi connectivity index (χ0) is 25.3. The van der Waals surface area contributed by atoms with Gasteiger partial charge in [-0.1, -0.05) is 19.1 Å². The number of anilines is 1. The van der Waals surface area contributed by atoms with Crippen LogP contribution in [-0.4, -0.2) is 54.0 Å². The third-order valence-corrected chi connectivity index (χ3v) is 5.26. The molecule has 4 aromatic rings. The lowest BCUT2D eigenvalue weighted by Gasteiger charge is -2.19. The van der Waals surface area contributed by atoms with Gasteiger partial charge in [0.05, 0.1) is 23.9 Å². The molecule has 3 heterocycles. The van der Waals surface area contributed by atoms with Crippen molar-refractivity contribution in [2.75, 3.05) is 18.5 Å². The molecular formula is C22H22F3N7O3. The highest BCUT2D eigenvalue weighted by atomic mass is 19.4. The Kier molecular flexibility index (Phi) is 6.33. The zero-order valence-electron chi connectivity index (χ0n) is 18.9. The quantitative estimate of drug-likeness (QED) is 0.390. The third-order valence-electron chi connectivity index (χ3n) is 5.26. The van der Waals surface area contributed by atoms with Crippen LogP contribution in [0.5, 0.6) is 0 Å². The third kappa shape index (κ3) is 5.03. The number of hydrogen-bond donors (Lipinski definition) is 2. The minimum atomic E-state index is -4.44. The van der Waals surface area contributed by atoms with Gasteiger partial charge in [-0.15, -0.1) is 0 Å². The molecule has 35 heavy (non-hydrogen) atoms. The van der Waals surface area contributed by atoms with Gasteiger partial charge in [0.1, 0.15) is 12.4 Å². The summed E-state index contributed by atoms with van der Waals surface area (Å²) in [5.41, 5.74) is 0.0879. The van der Waals surface area contributed by atoms with Crippen LogP contribution in [0.1, 0.15) is 24.5 Å². The van der Waals surface area contributed by atoms with Crippen LogP contribution >= 0.6 is 0 Å². The lowest BCUT2D eigenvalue weighted by atomic mass is 10.1. The summed E-state index contributed by atoms with van der Waals surface area (Å²) in [6, 6.07) is 4.99. The number of fused-ring (bicyclic) bond motifs is 1. The van der Waals surface area contributed by atoms with Gasteiger partial charge in [0.25, 0.3) is 5.56 Å². The van der Waals surface area contributed by atoms with Crippen LogP contribution in [0.2, 0.25) is 0 Å². The number of carbonyl (C=O) groups is 1. The predicted octanol–water partition coefficient (Wildman–Crippen LogP) is 2.98. The summed E-state index contributed by atoms with van der Waals surface area (Å²) in [7, 11) is 1.53. The van der Waals surface area contributed by atoms with Crippen molar-refractivity contribution in [2.24, 2.45) is 0 Å². The maximum absolute atomic E-state index is 13.1. The predicted molar refractivity (Wildman–Crippen MR) is 121 cm³/mol. The zero-order valence-corrected chi connectivity index (χ0v) is 18.9. The second-order valence-corrected chi connectivity index (χ2v) is 8.03. The second-order valence-electron chi connectivity index (χ2n) is 8.03. The monoisotopic (exact) mass is 489 g/mol. The Bertz CT molecular complexity index is 1440. The number of halogens is 3. The Morgan fingerprint density at radius 2 is 2.03 bits per heavy atom.